The summed E-state index contributed by atoms with van der Waals surface area (Å²) in [6, 6.07) is 0.494. The number of ether oxygens (including phenoxy) is 2. The number of aliphatic hydroxyl groups excluding tert-OH is 1. The number of aliphatic hydroxyl groups is 1. The highest BCUT2D eigenvalue weighted by Gasteiger charge is 2.40. The van der Waals surface area contributed by atoms with E-state index in [1.807, 2.05) is 0 Å². The van der Waals surface area contributed by atoms with E-state index >= 15 is 0 Å². The molecule has 0 aromatic heterocycles. The predicted octanol–water partition coefficient (Wildman–Crippen LogP) is 2.06. The second kappa shape index (κ2) is 6.08. The molecule has 2 rings (SSSR count). The number of rotatable bonds is 4. The minimum atomic E-state index is -0.276. The van der Waals surface area contributed by atoms with Gasteiger partial charge in [0, 0.05) is 25.4 Å². The Balaban J connectivity index is 1.65. The molecule has 1 unspecified atom stereocenters. The minimum absolute atomic E-state index is 0.184. The molecule has 112 valence electrons. The molecular formula is C15H29NO3. The second-order valence-corrected chi connectivity index (χ2v) is 7.21. The van der Waals surface area contributed by atoms with E-state index in [0.29, 0.717) is 12.6 Å². The van der Waals surface area contributed by atoms with Crippen LogP contribution in [0.2, 0.25) is 0 Å². The van der Waals surface area contributed by atoms with Crippen LogP contribution >= 0.6 is 0 Å². The molecule has 2 N–H and O–H groups in total. The van der Waals surface area contributed by atoms with E-state index in [4.69, 9.17) is 9.47 Å². The lowest BCUT2D eigenvalue weighted by molar-refractivity contribution is -0.179. The lowest BCUT2D eigenvalue weighted by Gasteiger charge is -2.36. The minimum Gasteiger partial charge on any atom is -0.392 e. The Morgan fingerprint density at radius 1 is 1.21 bits per heavy atom. The topological polar surface area (TPSA) is 50.7 Å². The maximum absolute atomic E-state index is 10.0. The monoisotopic (exact) mass is 271 g/mol. The SMILES string of the molecule is CC(C)(C)CC(O)CNC1CCC2(CC1)OCCO2. The van der Waals surface area contributed by atoms with E-state index in [-0.39, 0.29) is 17.3 Å². The molecule has 1 atom stereocenters. The molecule has 4 nitrogen and oxygen atoms in total. The largest absolute Gasteiger partial charge is 0.392 e. The van der Waals surface area contributed by atoms with Gasteiger partial charge >= 0.3 is 0 Å². The van der Waals surface area contributed by atoms with Crippen LogP contribution in [0.25, 0.3) is 0 Å². The summed E-state index contributed by atoms with van der Waals surface area (Å²) in [5, 5.41) is 13.5. The molecule has 1 heterocycles. The third-order valence-corrected chi connectivity index (χ3v) is 4.05. The van der Waals surface area contributed by atoms with E-state index in [1.54, 1.807) is 0 Å². The Morgan fingerprint density at radius 3 is 2.32 bits per heavy atom. The van der Waals surface area contributed by atoms with Crippen LogP contribution in [0.5, 0.6) is 0 Å². The fraction of sp³-hybridized carbons (Fsp3) is 1.00. The average molecular weight is 271 g/mol. The van der Waals surface area contributed by atoms with E-state index in [1.165, 1.54) is 0 Å². The predicted molar refractivity (Wildman–Crippen MR) is 75.0 cm³/mol. The van der Waals surface area contributed by atoms with Crippen LogP contribution in [-0.4, -0.2) is 42.8 Å². The van der Waals surface area contributed by atoms with Crippen LogP contribution in [0.1, 0.15) is 52.9 Å². The maximum Gasteiger partial charge on any atom is 0.168 e. The molecule has 2 aliphatic rings. The summed E-state index contributed by atoms with van der Waals surface area (Å²) in [5.74, 6) is -0.276. The van der Waals surface area contributed by atoms with Crippen molar-refractivity contribution in [2.75, 3.05) is 19.8 Å². The zero-order valence-corrected chi connectivity index (χ0v) is 12.6. The van der Waals surface area contributed by atoms with Gasteiger partial charge in [0.2, 0.25) is 0 Å². The van der Waals surface area contributed by atoms with Gasteiger partial charge in [-0.05, 0) is 24.7 Å². The van der Waals surface area contributed by atoms with Gasteiger partial charge in [-0.25, -0.2) is 0 Å². The lowest BCUT2D eigenvalue weighted by Crippen LogP contribution is -2.44. The first kappa shape index (κ1) is 15.2. The zero-order valence-electron chi connectivity index (χ0n) is 12.6. The van der Waals surface area contributed by atoms with Gasteiger partial charge in [-0.1, -0.05) is 20.8 Å². The van der Waals surface area contributed by atoms with Gasteiger partial charge in [0.1, 0.15) is 0 Å². The molecule has 0 amide bonds. The fourth-order valence-corrected chi connectivity index (χ4v) is 3.13. The first-order valence-corrected chi connectivity index (χ1v) is 7.58. The zero-order chi connectivity index (χ0) is 13.9. The van der Waals surface area contributed by atoms with Crippen molar-refractivity contribution in [2.45, 2.75) is 70.8 Å². The molecule has 19 heavy (non-hydrogen) atoms. The van der Waals surface area contributed by atoms with Gasteiger partial charge < -0.3 is 19.9 Å². The first-order chi connectivity index (χ1) is 8.89. The van der Waals surface area contributed by atoms with Crippen molar-refractivity contribution < 1.29 is 14.6 Å². The van der Waals surface area contributed by atoms with Crippen molar-refractivity contribution in [3.8, 4) is 0 Å². The summed E-state index contributed by atoms with van der Waals surface area (Å²) in [5.41, 5.74) is 0.184. The highest BCUT2D eigenvalue weighted by Crippen LogP contribution is 2.35. The summed E-state index contributed by atoms with van der Waals surface area (Å²) in [7, 11) is 0. The van der Waals surface area contributed by atoms with Gasteiger partial charge in [0.05, 0.1) is 19.3 Å². The fourth-order valence-electron chi connectivity index (χ4n) is 3.13. The summed E-state index contributed by atoms with van der Waals surface area (Å²) < 4.78 is 11.4. The maximum atomic E-state index is 10.0. The third-order valence-electron chi connectivity index (χ3n) is 4.05. The molecule has 0 aromatic carbocycles. The van der Waals surface area contributed by atoms with E-state index in [2.05, 4.69) is 26.1 Å². The standard InChI is InChI=1S/C15H29NO3/c1-14(2,3)10-13(17)11-16-12-4-6-15(7-5-12)18-8-9-19-15/h12-13,16-17H,4-11H2,1-3H3. The summed E-state index contributed by atoms with van der Waals surface area (Å²) >= 11 is 0. The number of nitrogens with one attached hydrogen (secondary N) is 1. The van der Waals surface area contributed by atoms with Crippen LogP contribution in [0, 0.1) is 5.41 Å². The van der Waals surface area contributed by atoms with Crippen molar-refractivity contribution in [2.24, 2.45) is 5.41 Å². The number of hydrogen-bond acceptors (Lipinski definition) is 4. The molecule has 1 aliphatic carbocycles. The van der Waals surface area contributed by atoms with Crippen molar-refractivity contribution in [1.29, 1.82) is 0 Å². The van der Waals surface area contributed by atoms with Crippen LogP contribution in [0.3, 0.4) is 0 Å². The lowest BCUT2D eigenvalue weighted by atomic mass is 9.88. The van der Waals surface area contributed by atoms with Gasteiger partial charge in [0.25, 0.3) is 0 Å². The van der Waals surface area contributed by atoms with Crippen molar-refractivity contribution in [1.82, 2.24) is 5.32 Å². The van der Waals surface area contributed by atoms with E-state index in [9.17, 15) is 5.11 Å². The van der Waals surface area contributed by atoms with Crippen LogP contribution in [0.4, 0.5) is 0 Å². The molecule has 1 spiro atoms. The van der Waals surface area contributed by atoms with Gasteiger partial charge in [-0.3, -0.25) is 0 Å². The Morgan fingerprint density at radius 2 is 1.79 bits per heavy atom. The summed E-state index contributed by atoms with van der Waals surface area (Å²) in [6.07, 6.45) is 4.67. The van der Waals surface area contributed by atoms with Crippen LogP contribution < -0.4 is 5.32 Å². The molecule has 0 radical (unpaired) electrons. The van der Waals surface area contributed by atoms with Gasteiger partial charge in [0.15, 0.2) is 5.79 Å². The normalized spacial score (nSPS) is 25.9. The quantitative estimate of drug-likeness (QED) is 0.822. The third kappa shape index (κ3) is 4.71. The average Bonchev–Trinajstić information content (AvgIpc) is 2.75. The van der Waals surface area contributed by atoms with Crippen molar-refractivity contribution in [3.05, 3.63) is 0 Å². The number of hydrogen-bond donors (Lipinski definition) is 2. The Bertz CT molecular complexity index is 272. The van der Waals surface area contributed by atoms with Crippen molar-refractivity contribution >= 4 is 0 Å². The highest BCUT2D eigenvalue weighted by atomic mass is 16.7. The molecule has 4 heteroatoms. The molecule has 1 aliphatic heterocycles. The second-order valence-electron chi connectivity index (χ2n) is 7.21. The Kier molecular flexibility index (Phi) is 4.88. The highest BCUT2D eigenvalue weighted by molar-refractivity contribution is 4.86. The van der Waals surface area contributed by atoms with Gasteiger partial charge in [-0.2, -0.15) is 0 Å². The van der Waals surface area contributed by atoms with Crippen LogP contribution in [-0.2, 0) is 9.47 Å². The Labute approximate surface area is 116 Å². The van der Waals surface area contributed by atoms with E-state index in [0.717, 1.165) is 45.3 Å². The molecular weight excluding hydrogens is 242 g/mol. The van der Waals surface area contributed by atoms with Crippen LogP contribution in [0.15, 0.2) is 0 Å². The van der Waals surface area contributed by atoms with Gasteiger partial charge in [-0.15, -0.1) is 0 Å². The molecule has 0 bridgehead atoms. The molecule has 0 aromatic rings. The molecule has 1 saturated carbocycles. The molecule has 2 fully saturated rings. The van der Waals surface area contributed by atoms with E-state index < -0.39 is 0 Å². The summed E-state index contributed by atoms with van der Waals surface area (Å²) in [6.45, 7) is 8.65. The molecule has 1 saturated heterocycles. The first-order valence-electron chi connectivity index (χ1n) is 7.58. The smallest absolute Gasteiger partial charge is 0.168 e. The van der Waals surface area contributed by atoms with Crippen molar-refractivity contribution in [3.63, 3.8) is 0 Å². The summed E-state index contributed by atoms with van der Waals surface area (Å²) in [4.78, 5) is 0. The Hall–Kier alpha value is -0.160.